The second-order valence-electron chi connectivity index (χ2n) is 7.78. The van der Waals surface area contributed by atoms with Gasteiger partial charge in [0.15, 0.2) is 0 Å². The van der Waals surface area contributed by atoms with Crippen molar-refractivity contribution in [3.63, 3.8) is 0 Å². The number of ether oxygens (including phenoxy) is 2. The van der Waals surface area contributed by atoms with E-state index in [9.17, 15) is 0 Å². The average molecular weight is 397 g/mol. The molecule has 0 aliphatic heterocycles. The van der Waals surface area contributed by atoms with E-state index in [1.54, 1.807) is 14.2 Å². The molecule has 1 aliphatic rings. The molecule has 0 aromatic heterocycles. The summed E-state index contributed by atoms with van der Waals surface area (Å²) in [5, 5.41) is 0. The van der Waals surface area contributed by atoms with E-state index < -0.39 is 0 Å². The van der Waals surface area contributed by atoms with Gasteiger partial charge >= 0.3 is 0 Å². The van der Waals surface area contributed by atoms with Gasteiger partial charge in [-0.05, 0) is 66.3 Å². The first-order chi connectivity index (χ1) is 14.7. The molecule has 30 heavy (non-hydrogen) atoms. The third-order valence-electron chi connectivity index (χ3n) is 5.90. The molecule has 1 aliphatic carbocycles. The molecule has 4 rings (SSSR count). The van der Waals surface area contributed by atoms with Crippen LogP contribution in [0.15, 0.2) is 96.1 Å². The number of hydrogen-bond donors (Lipinski definition) is 0. The predicted octanol–water partition coefficient (Wildman–Crippen LogP) is 7.03. The summed E-state index contributed by atoms with van der Waals surface area (Å²) in [5.41, 5.74) is 8.02. The van der Waals surface area contributed by atoms with Gasteiger partial charge in [0.25, 0.3) is 0 Å². The summed E-state index contributed by atoms with van der Waals surface area (Å²) in [5.74, 6) is 2.11. The topological polar surface area (TPSA) is 18.5 Å². The highest BCUT2D eigenvalue weighted by Crippen LogP contribution is 2.43. The standard InChI is InChI=1S/C28H28O2/c1-20-9-18-26(27(19-20)21-7-5-4-6-8-21)28(22-10-14-24(29-2)15-11-22)23-12-16-25(30-3)17-13-23/h4-17,27H,18-19H2,1-3H3. The molecule has 3 aromatic rings. The summed E-state index contributed by atoms with van der Waals surface area (Å²) in [7, 11) is 3.41. The third-order valence-corrected chi connectivity index (χ3v) is 5.90. The molecule has 0 saturated carbocycles. The van der Waals surface area contributed by atoms with Crippen molar-refractivity contribution in [2.24, 2.45) is 0 Å². The number of methoxy groups -OCH3 is 2. The fraction of sp³-hybridized carbons (Fsp3) is 0.214. The number of benzene rings is 3. The van der Waals surface area contributed by atoms with Gasteiger partial charge < -0.3 is 9.47 Å². The molecule has 152 valence electrons. The predicted molar refractivity (Wildman–Crippen MR) is 124 cm³/mol. The van der Waals surface area contributed by atoms with Gasteiger partial charge in [0.05, 0.1) is 14.2 Å². The Morgan fingerprint density at radius 2 is 1.27 bits per heavy atom. The van der Waals surface area contributed by atoms with Crippen LogP contribution in [-0.4, -0.2) is 14.2 Å². The molecule has 0 N–H and O–H groups in total. The summed E-state index contributed by atoms with van der Waals surface area (Å²) in [4.78, 5) is 0. The lowest BCUT2D eigenvalue weighted by Crippen LogP contribution is -2.11. The molecule has 0 bridgehead atoms. The molecule has 2 nitrogen and oxygen atoms in total. The van der Waals surface area contributed by atoms with Crippen LogP contribution < -0.4 is 9.47 Å². The SMILES string of the molecule is COc1ccc(C(=C2CC=C(C)CC2c2ccccc2)c2ccc(OC)cc2)cc1. The van der Waals surface area contributed by atoms with Crippen LogP contribution >= 0.6 is 0 Å². The van der Waals surface area contributed by atoms with Gasteiger partial charge in [-0.25, -0.2) is 0 Å². The average Bonchev–Trinajstić information content (AvgIpc) is 2.81. The molecule has 0 amide bonds. The lowest BCUT2D eigenvalue weighted by molar-refractivity contribution is 0.414. The van der Waals surface area contributed by atoms with Crippen LogP contribution in [0, 0.1) is 0 Å². The van der Waals surface area contributed by atoms with Crippen LogP contribution in [0.2, 0.25) is 0 Å². The smallest absolute Gasteiger partial charge is 0.118 e. The molecule has 0 fully saturated rings. The summed E-state index contributed by atoms with van der Waals surface area (Å²) >= 11 is 0. The molecule has 3 aromatic carbocycles. The maximum absolute atomic E-state index is 5.39. The van der Waals surface area contributed by atoms with Crippen molar-refractivity contribution in [3.05, 3.63) is 113 Å². The highest BCUT2D eigenvalue weighted by molar-refractivity contribution is 5.84. The third kappa shape index (κ3) is 4.18. The number of rotatable bonds is 5. The molecule has 0 spiro atoms. The lowest BCUT2D eigenvalue weighted by atomic mass is 9.75. The highest BCUT2D eigenvalue weighted by atomic mass is 16.5. The number of allylic oxidation sites excluding steroid dienone is 3. The van der Waals surface area contributed by atoms with E-state index in [1.807, 2.05) is 24.3 Å². The van der Waals surface area contributed by atoms with Crippen LogP contribution in [0.5, 0.6) is 11.5 Å². The Kier molecular flexibility index (Phi) is 6.04. The van der Waals surface area contributed by atoms with Crippen LogP contribution in [0.25, 0.3) is 5.57 Å². The first kappa shape index (κ1) is 20.0. The van der Waals surface area contributed by atoms with E-state index in [1.165, 1.54) is 33.4 Å². The zero-order valence-electron chi connectivity index (χ0n) is 17.9. The van der Waals surface area contributed by atoms with Crippen molar-refractivity contribution in [2.75, 3.05) is 14.2 Å². The van der Waals surface area contributed by atoms with Crippen LogP contribution in [0.3, 0.4) is 0 Å². The molecule has 0 radical (unpaired) electrons. The lowest BCUT2D eigenvalue weighted by Gasteiger charge is -2.29. The van der Waals surface area contributed by atoms with E-state index in [0.29, 0.717) is 5.92 Å². The second kappa shape index (κ2) is 9.04. The molecule has 0 heterocycles. The molecule has 2 heteroatoms. The fourth-order valence-electron chi connectivity index (χ4n) is 4.29. The van der Waals surface area contributed by atoms with Gasteiger partial charge in [0.2, 0.25) is 0 Å². The van der Waals surface area contributed by atoms with E-state index in [4.69, 9.17) is 9.47 Å². The van der Waals surface area contributed by atoms with Crippen molar-refractivity contribution in [1.82, 2.24) is 0 Å². The zero-order valence-corrected chi connectivity index (χ0v) is 17.9. The van der Waals surface area contributed by atoms with Gasteiger partial charge in [-0.3, -0.25) is 0 Å². The Balaban J connectivity index is 1.92. The van der Waals surface area contributed by atoms with Gasteiger partial charge in [0, 0.05) is 5.92 Å². The van der Waals surface area contributed by atoms with Crippen molar-refractivity contribution in [1.29, 1.82) is 0 Å². The Morgan fingerprint density at radius 3 is 1.77 bits per heavy atom. The van der Waals surface area contributed by atoms with E-state index in [0.717, 1.165) is 24.3 Å². The normalized spacial score (nSPS) is 16.0. The molecular formula is C28H28O2. The molecule has 1 unspecified atom stereocenters. The molecule has 1 atom stereocenters. The Morgan fingerprint density at radius 1 is 0.733 bits per heavy atom. The van der Waals surface area contributed by atoms with Crippen molar-refractivity contribution < 1.29 is 9.47 Å². The van der Waals surface area contributed by atoms with E-state index in [2.05, 4.69) is 67.6 Å². The summed E-state index contributed by atoms with van der Waals surface area (Å²) < 4.78 is 10.8. The Bertz CT molecular complexity index is 993. The fourth-order valence-corrected chi connectivity index (χ4v) is 4.29. The monoisotopic (exact) mass is 396 g/mol. The first-order valence-electron chi connectivity index (χ1n) is 10.4. The second-order valence-corrected chi connectivity index (χ2v) is 7.78. The van der Waals surface area contributed by atoms with Gasteiger partial charge in [-0.2, -0.15) is 0 Å². The largest absolute Gasteiger partial charge is 0.497 e. The summed E-state index contributed by atoms with van der Waals surface area (Å²) in [6, 6.07) is 27.7. The van der Waals surface area contributed by atoms with Crippen molar-refractivity contribution >= 4 is 5.57 Å². The summed E-state index contributed by atoms with van der Waals surface area (Å²) in [6.07, 6.45) is 4.38. The van der Waals surface area contributed by atoms with Gasteiger partial charge in [-0.1, -0.05) is 71.8 Å². The van der Waals surface area contributed by atoms with E-state index in [-0.39, 0.29) is 0 Å². The highest BCUT2D eigenvalue weighted by Gasteiger charge is 2.25. The number of hydrogen-bond acceptors (Lipinski definition) is 2. The molecule has 0 saturated heterocycles. The minimum atomic E-state index is 0.371. The molecular weight excluding hydrogens is 368 g/mol. The maximum Gasteiger partial charge on any atom is 0.118 e. The van der Waals surface area contributed by atoms with E-state index >= 15 is 0 Å². The minimum absolute atomic E-state index is 0.371. The van der Waals surface area contributed by atoms with Crippen LogP contribution in [0.4, 0.5) is 0 Å². The summed E-state index contributed by atoms with van der Waals surface area (Å²) in [6.45, 7) is 2.24. The quantitative estimate of drug-likeness (QED) is 0.431. The Hall–Kier alpha value is -3.26. The first-order valence-corrected chi connectivity index (χ1v) is 10.4. The van der Waals surface area contributed by atoms with Gasteiger partial charge in [0.1, 0.15) is 11.5 Å². The minimum Gasteiger partial charge on any atom is -0.497 e. The van der Waals surface area contributed by atoms with Crippen molar-refractivity contribution in [3.8, 4) is 11.5 Å². The maximum atomic E-state index is 5.39. The Labute approximate surface area is 179 Å². The zero-order chi connectivity index (χ0) is 20.9. The van der Waals surface area contributed by atoms with Crippen molar-refractivity contribution in [2.45, 2.75) is 25.7 Å². The van der Waals surface area contributed by atoms with Crippen LogP contribution in [-0.2, 0) is 0 Å². The van der Waals surface area contributed by atoms with Crippen LogP contribution in [0.1, 0.15) is 42.4 Å². The van der Waals surface area contributed by atoms with Gasteiger partial charge in [-0.15, -0.1) is 0 Å².